The van der Waals surface area contributed by atoms with Crippen LogP contribution in [0.1, 0.15) is 22.8 Å². The molecule has 0 spiro atoms. The van der Waals surface area contributed by atoms with Crippen LogP contribution in [-0.4, -0.2) is 42.8 Å². The highest BCUT2D eigenvalue weighted by Crippen LogP contribution is 2.32. The van der Waals surface area contributed by atoms with Gasteiger partial charge in [-0.1, -0.05) is 30.3 Å². The molecule has 0 radical (unpaired) electrons. The van der Waals surface area contributed by atoms with Crippen molar-refractivity contribution in [2.45, 2.75) is 19.4 Å². The van der Waals surface area contributed by atoms with Gasteiger partial charge >= 0.3 is 5.97 Å². The van der Waals surface area contributed by atoms with Crippen LogP contribution in [0.3, 0.4) is 0 Å². The number of amides is 2. The summed E-state index contributed by atoms with van der Waals surface area (Å²) < 4.78 is 5.10. The van der Waals surface area contributed by atoms with E-state index in [1.807, 2.05) is 31.2 Å². The number of ketones is 1. The van der Waals surface area contributed by atoms with Gasteiger partial charge < -0.3 is 9.64 Å². The van der Waals surface area contributed by atoms with Gasteiger partial charge in [-0.3, -0.25) is 24.1 Å². The summed E-state index contributed by atoms with van der Waals surface area (Å²) in [5, 5.41) is 0. The molecule has 2 amide bonds. The normalized spacial score (nSPS) is 17.5. The van der Waals surface area contributed by atoms with Crippen molar-refractivity contribution in [2.75, 3.05) is 23.0 Å². The Labute approximate surface area is 161 Å². The molecule has 142 valence electrons. The van der Waals surface area contributed by atoms with E-state index in [0.29, 0.717) is 5.69 Å². The van der Waals surface area contributed by atoms with Crippen LogP contribution in [0.4, 0.5) is 11.4 Å². The molecule has 0 aromatic heterocycles. The lowest BCUT2D eigenvalue weighted by atomic mass is 10.1. The van der Waals surface area contributed by atoms with E-state index in [1.54, 1.807) is 23.1 Å². The van der Waals surface area contributed by atoms with Gasteiger partial charge in [-0.05, 0) is 37.1 Å². The fourth-order valence-corrected chi connectivity index (χ4v) is 3.74. The highest BCUT2D eigenvalue weighted by molar-refractivity contribution is 6.52. The van der Waals surface area contributed by atoms with Gasteiger partial charge in [0.1, 0.15) is 6.54 Å². The van der Waals surface area contributed by atoms with E-state index in [1.165, 1.54) is 6.07 Å². The SMILES string of the molecule is C[C@H]1Cc2ccccc2N1C(=O)COC(=O)CN1C(=O)C(=O)c2ccccc21. The number of carbonyl (C=O) groups is 4. The summed E-state index contributed by atoms with van der Waals surface area (Å²) in [6.45, 7) is 1.10. The maximum absolute atomic E-state index is 12.6. The first-order valence-corrected chi connectivity index (χ1v) is 8.98. The highest BCUT2D eigenvalue weighted by Gasteiger charge is 2.37. The molecule has 7 nitrogen and oxygen atoms in total. The van der Waals surface area contributed by atoms with E-state index in [-0.39, 0.29) is 17.5 Å². The molecule has 0 saturated carbocycles. The number of Topliss-reactive ketones (excluding diaryl/α,β-unsaturated/α-hetero) is 1. The molecule has 0 aliphatic carbocycles. The molecule has 1 atom stereocenters. The number of esters is 1. The number of fused-ring (bicyclic) bond motifs is 2. The number of hydrogen-bond acceptors (Lipinski definition) is 5. The Morgan fingerprint density at radius 1 is 1.04 bits per heavy atom. The van der Waals surface area contributed by atoms with Gasteiger partial charge in [-0.15, -0.1) is 0 Å². The molecule has 2 heterocycles. The number of carbonyl (C=O) groups excluding carboxylic acids is 4. The molecule has 2 aliphatic heterocycles. The first-order valence-electron chi connectivity index (χ1n) is 8.98. The summed E-state index contributed by atoms with van der Waals surface area (Å²) in [6, 6.07) is 14.1. The van der Waals surface area contributed by atoms with E-state index in [2.05, 4.69) is 0 Å². The minimum atomic E-state index is -0.772. The zero-order chi connectivity index (χ0) is 19.8. The largest absolute Gasteiger partial charge is 0.454 e. The van der Waals surface area contributed by atoms with Crippen LogP contribution in [0.15, 0.2) is 48.5 Å². The average molecular weight is 378 g/mol. The van der Waals surface area contributed by atoms with E-state index in [9.17, 15) is 19.2 Å². The van der Waals surface area contributed by atoms with Gasteiger partial charge in [0.2, 0.25) is 0 Å². The molecule has 2 aliphatic rings. The first-order chi connectivity index (χ1) is 13.5. The van der Waals surface area contributed by atoms with Crippen molar-refractivity contribution >= 4 is 34.9 Å². The molecule has 0 N–H and O–H groups in total. The topological polar surface area (TPSA) is 84.0 Å². The minimum Gasteiger partial charge on any atom is -0.454 e. The fraction of sp³-hybridized carbons (Fsp3) is 0.238. The van der Waals surface area contributed by atoms with Crippen molar-refractivity contribution in [1.82, 2.24) is 0 Å². The van der Waals surface area contributed by atoms with Crippen LogP contribution in [0.2, 0.25) is 0 Å². The summed E-state index contributed by atoms with van der Waals surface area (Å²) >= 11 is 0. The Morgan fingerprint density at radius 2 is 1.71 bits per heavy atom. The molecule has 0 bridgehead atoms. The van der Waals surface area contributed by atoms with E-state index >= 15 is 0 Å². The smallest absolute Gasteiger partial charge is 0.326 e. The lowest BCUT2D eigenvalue weighted by Crippen LogP contribution is -2.40. The maximum atomic E-state index is 12.6. The molecular formula is C21H18N2O5. The van der Waals surface area contributed by atoms with Gasteiger partial charge in [-0.2, -0.15) is 0 Å². The van der Waals surface area contributed by atoms with E-state index in [4.69, 9.17) is 4.74 Å². The van der Waals surface area contributed by atoms with Crippen LogP contribution >= 0.6 is 0 Å². The van der Waals surface area contributed by atoms with Crippen molar-refractivity contribution in [3.63, 3.8) is 0 Å². The zero-order valence-corrected chi connectivity index (χ0v) is 15.3. The number of para-hydroxylation sites is 2. The van der Waals surface area contributed by atoms with Gasteiger partial charge in [0, 0.05) is 11.7 Å². The first kappa shape index (κ1) is 17.9. The summed E-state index contributed by atoms with van der Waals surface area (Å²) in [4.78, 5) is 51.6. The molecule has 2 aromatic carbocycles. The number of anilines is 2. The standard InChI is InChI=1S/C21H18N2O5/c1-13-10-14-6-2-4-8-16(14)23(13)18(24)12-28-19(25)11-22-17-9-5-3-7-15(17)20(26)21(22)27/h2-9,13H,10-12H2,1H3/t13-/m0/s1. The van der Waals surface area contributed by atoms with Crippen molar-refractivity contribution in [3.05, 3.63) is 59.7 Å². The molecule has 4 rings (SSSR count). The third-order valence-corrected chi connectivity index (χ3v) is 5.00. The van der Waals surface area contributed by atoms with E-state index in [0.717, 1.165) is 22.6 Å². The Balaban J connectivity index is 1.40. The van der Waals surface area contributed by atoms with E-state index < -0.39 is 30.8 Å². The minimum absolute atomic E-state index is 0.0201. The molecule has 7 heteroatoms. The Hall–Kier alpha value is -3.48. The Bertz CT molecular complexity index is 1000. The molecule has 28 heavy (non-hydrogen) atoms. The lowest BCUT2D eigenvalue weighted by molar-refractivity contribution is -0.146. The van der Waals surface area contributed by atoms with Crippen LogP contribution in [0, 0.1) is 0 Å². The third-order valence-electron chi connectivity index (χ3n) is 5.00. The quantitative estimate of drug-likeness (QED) is 0.598. The van der Waals surface area contributed by atoms with Crippen molar-refractivity contribution in [3.8, 4) is 0 Å². The highest BCUT2D eigenvalue weighted by atomic mass is 16.5. The second kappa shape index (κ2) is 6.92. The summed E-state index contributed by atoms with van der Waals surface area (Å²) in [5.74, 6) is -2.49. The summed E-state index contributed by atoms with van der Waals surface area (Å²) in [7, 11) is 0. The second-order valence-corrected chi connectivity index (χ2v) is 6.84. The van der Waals surface area contributed by atoms with Gasteiger partial charge in [0.05, 0.1) is 11.3 Å². The van der Waals surface area contributed by atoms with Gasteiger partial charge in [0.25, 0.3) is 17.6 Å². The molecule has 0 saturated heterocycles. The van der Waals surface area contributed by atoms with Crippen LogP contribution in [0.25, 0.3) is 0 Å². The van der Waals surface area contributed by atoms with Gasteiger partial charge in [-0.25, -0.2) is 0 Å². The predicted molar refractivity (Wildman–Crippen MR) is 101 cm³/mol. The van der Waals surface area contributed by atoms with Crippen LogP contribution < -0.4 is 9.80 Å². The number of ether oxygens (including phenoxy) is 1. The Morgan fingerprint density at radius 3 is 2.50 bits per heavy atom. The number of hydrogen-bond donors (Lipinski definition) is 0. The number of benzene rings is 2. The molecule has 0 fully saturated rings. The summed E-state index contributed by atoms with van der Waals surface area (Å²) in [5.41, 5.74) is 2.54. The summed E-state index contributed by atoms with van der Waals surface area (Å²) in [6.07, 6.45) is 0.747. The van der Waals surface area contributed by atoms with Crippen molar-refractivity contribution in [1.29, 1.82) is 0 Å². The molecule has 2 aromatic rings. The maximum Gasteiger partial charge on any atom is 0.326 e. The average Bonchev–Trinajstić information content (AvgIpc) is 3.15. The van der Waals surface area contributed by atoms with Crippen molar-refractivity contribution in [2.24, 2.45) is 0 Å². The molecular weight excluding hydrogens is 360 g/mol. The van der Waals surface area contributed by atoms with Crippen LogP contribution in [-0.2, 0) is 25.5 Å². The lowest BCUT2D eigenvalue weighted by Gasteiger charge is -2.23. The van der Waals surface area contributed by atoms with Crippen LogP contribution in [0.5, 0.6) is 0 Å². The fourth-order valence-electron chi connectivity index (χ4n) is 3.74. The third kappa shape index (κ3) is 2.94. The zero-order valence-electron chi connectivity index (χ0n) is 15.3. The monoisotopic (exact) mass is 378 g/mol. The number of rotatable bonds is 4. The Kier molecular flexibility index (Phi) is 4.43. The molecule has 0 unspecified atom stereocenters. The van der Waals surface area contributed by atoms with Gasteiger partial charge in [0.15, 0.2) is 6.61 Å². The van der Waals surface area contributed by atoms with Crippen molar-refractivity contribution < 1.29 is 23.9 Å². The second-order valence-electron chi connectivity index (χ2n) is 6.84. The number of nitrogens with zero attached hydrogens (tertiary/aromatic N) is 2. The predicted octanol–water partition coefficient (Wildman–Crippen LogP) is 1.74.